The number of hydrogen-bond donors (Lipinski definition) is 2. The third-order valence-electron chi connectivity index (χ3n) is 3.93. The van der Waals surface area contributed by atoms with Crippen molar-refractivity contribution in [2.45, 2.75) is 39.2 Å². The largest absolute Gasteiger partial charge is 0.469 e. The lowest BCUT2D eigenvalue weighted by Crippen LogP contribution is -2.16. The molecule has 0 spiro atoms. The molecular formula is C17H20N2O2. The molecule has 1 unspecified atom stereocenters. The molecule has 3 rings (SSSR count). The van der Waals surface area contributed by atoms with Crippen molar-refractivity contribution in [3.8, 4) is 0 Å². The molecule has 4 nitrogen and oxygen atoms in total. The van der Waals surface area contributed by atoms with Gasteiger partial charge in [-0.05, 0) is 49.6 Å². The molecule has 1 atom stereocenters. The van der Waals surface area contributed by atoms with Gasteiger partial charge in [-0.1, -0.05) is 0 Å². The molecule has 2 aromatic rings. The van der Waals surface area contributed by atoms with Crippen LogP contribution in [0.15, 0.2) is 34.9 Å². The normalized spacial score (nSPS) is 17.1. The van der Waals surface area contributed by atoms with Crippen LogP contribution in [-0.2, 0) is 11.2 Å². The summed E-state index contributed by atoms with van der Waals surface area (Å²) in [6.45, 7) is 3.52. The summed E-state index contributed by atoms with van der Waals surface area (Å²) in [5, 5.41) is 6.41. The standard InChI is InChI=1S/C17H20N2O2/c1-11-10-13(6-7-15(11)18-12(2)20)19-16-4-3-5-17-14(16)8-9-21-17/h6-10,16,19H,3-5H2,1-2H3,(H,18,20). The van der Waals surface area contributed by atoms with Gasteiger partial charge in [0.1, 0.15) is 5.76 Å². The Morgan fingerprint density at radius 1 is 1.33 bits per heavy atom. The lowest BCUT2D eigenvalue weighted by atomic mass is 9.93. The first-order valence-electron chi connectivity index (χ1n) is 7.34. The number of carbonyl (C=O) groups is 1. The average molecular weight is 284 g/mol. The second kappa shape index (κ2) is 5.64. The minimum atomic E-state index is -0.0471. The molecule has 2 N–H and O–H groups in total. The Bertz CT molecular complexity index is 661. The van der Waals surface area contributed by atoms with Gasteiger partial charge in [-0.15, -0.1) is 0 Å². The third kappa shape index (κ3) is 2.94. The lowest BCUT2D eigenvalue weighted by Gasteiger charge is -2.24. The number of benzene rings is 1. The highest BCUT2D eigenvalue weighted by molar-refractivity contribution is 5.89. The minimum Gasteiger partial charge on any atom is -0.469 e. The summed E-state index contributed by atoms with van der Waals surface area (Å²) in [6, 6.07) is 8.38. The van der Waals surface area contributed by atoms with Gasteiger partial charge in [0.05, 0.1) is 12.3 Å². The molecule has 0 saturated heterocycles. The van der Waals surface area contributed by atoms with E-state index in [9.17, 15) is 4.79 Å². The maximum atomic E-state index is 11.1. The first-order chi connectivity index (χ1) is 10.1. The van der Waals surface area contributed by atoms with E-state index in [1.807, 2.05) is 19.1 Å². The number of anilines is 2. The third-order valence-corrected chi connectivity index (χ3v) is 3.93. The molecular weight excluding hydrogens is 264 g/mol. The number of nitrogens with one attached hydrogen (secondary N) is 2. The molecule has 1 aromatic carbocycles. The summed E-state index contributed by atoms with van der Waals surface area (Å²) < 4.78 is 5.52. The molecule has 0 bridgehead atoms. The van der Waals surface area contributed by atoms with Crippen molar-refractivity contribution in [3.05, 3.63) is 47.4 Å². The Balaban J connectivity index is 1.77. The summed E-state index contributed by atoms with van der Waals surface area (Å²) in [4.78, 5) is 11.1. The molecule has 0 fully saturated rings. The Hall–Kier alpha value is -2.23. The van der Waals surface area contributed by atoms with Crippen LogP contribution in [0, 0.1) is 6.92 Å². The molecule has 21 heavy (non-hydrogen) atoms. The second-order valence-electron chi connectivity index (χ2n) is 5.60. The van der Waals surface area contributed by atoms with E-state index in [2.05, 4.69) is 22.8 Å². The zero-order valence-electron chi connectivity index (χ0n) is 12.4. The Morgan fingerprint density at radius 2 is 2.19 bits per heavy atom. The minimum absolute atomic E-state index is 0.0471. The van der Waals surface area contributed by atoms with E-state index in [4.69, 9.17) is 4.42 Å². The summed E-state index contributed by atoms with van der Waals surface area (Å²) in [5.74, 6) is 1.06. The molecule has 1 aliphatic rings. The van der Waals surface area contributed by atoms with Crippen LogP contribution in [0.4, 0.5) is 11.4 Å². The smallest absolute Gasteiger partial charge is 0.221 e. The molecule has 0 aliphatic heterocycles. The fraction of sp³-hybridized carbons (Fsp3) is 0.353. The van der Waals surface area contributed by atoms with Crippen LogP contribution in [0.1, 0.15) is 42.7 Å². The number of fused-ring (bicyclic) bond motifs is 1. The summed E-state index contributed by atoms with van der Waals surface area (Å²) in [5.41, 5.74) is 4.25. The van der Waals surface area contributed by atoms with Crippen LogP contribution in [0.2, 0.25) is 0 Å². The SMILES string of the molecule is CC(=O)Nc1ccc(NC2CCCc3occc32)cc1C. The van der Waals surface area contributed by atoms with Crippen LogP contribution in [0.5, 0.6) is 0 Å². The Morgan fingerprint density at radius 3 is 2.95 bits per heavy atom. The van der Waals surface area contributed by atoms with E-state index < -0.39 is 0 Å². The quantitative estimate of drug-likeness (QED) is 0.894. The van der Waals surface area contributed by atoms with Crippen LogP contribution >= 0.6 is 0 Å². The Kier molecular flexibility index (Phi) is 3.69. The molecule has 1 aliphatic carbocycles. The van der Waals surface area contributed by atoms with E-state index in [-0.39, 0.29) is 5.91 Å². The zero-order chi connectivity index (χ0) is 14.8. The van der Waals surface area contributed by atoms with Gasteiger partial charge in [0.2, 0.25) is 5.91 Å². The molecule has 4 heteroatoms. The van der Waals surface area contributed by atoms with E-state index in [1.54, 1.807) is 6.26 Å². The molecule has 0 radical (unpaired) electrons. The second-order valence-corrected chi connectivity index (χ2v) is 5.60. The highest BCUT2D eigenvalue weighted by Crippen LogP contribution is 2.33. The summed E-state index contributed by atoms with van der Waals surface area (Å²) in [6.07, 6.45) is 5.05. The van der Waals surface area contributed by atoms with E-state index >= 15 is 0 Å². The number of furan rings is 1. The first kappa shape index (κ1) is 13.7. The first-order valence-corrected chi connectivity index (χ1v) is 7.34. The highest BCUT2D eigenvalue weighted by atomic mass is 16.3. The van der Waals surface area contributed by atoms with Gasteiger partial charge >= 0.3 is 0 Å². The maximum absolute atomic E-state index is 11.1. The van der Waals surface area contributed by atoms with Crippen molar-refractivity contribution < 1.29 is 9.21 Å². The molecule has 110 valence electrons. The number of hydrogen-bond acceptors (Lipinski definition) is 3. The fourth-order valence-corrected chi connectivity index (χ4v) is 2.92. The van der Waals surface area contributed by atoms with Gasteiger partial charge in [0.25, 0.3) is 0 Å². The van der Waals surface area contributed by atoms with Gasteiger partial charge < -0.3 is 15.1 Å². The van der Waals surface area contributed by atoms with E-state index in [0.29, 0.717) is 6.04 Å². The van der Waals surface area contributed by atoms with Crippen LogP contribution < -0.4 is 10.6 Å². The van der Waals surface area contributed by atoms with Gasteiger partial charge in [0, 0.05) is 30.3 Å². The van der Waals surface area contributed by atoms with Crippen molar-refractivity contribution in [2.75, 3.05) is 10.6 Å². The van der Waals surface area contributed by atoms with Crippen molar-refractivity contribution in [3.63, 3.8) is 0 Å². The topological polar surface area (TPSA) is 54.3 Å². The van der Waals surface area contributed by atoms with Gasteiger partial charge in [-0.2, -0.15) is 0 Å². The van der Waals surface area contributed by atoms with Crippen LogP contribution in [-0.4, -0.2) is 5.91 Å². The van der Waals surface area contributed by atoms with Crippen molar-refractivity contribution >= 4 is 17.3 Å². The maximum Gasteiger partial charge on any atom is 0.221 e. The van der Waals surface area contributed by atoms with E-state index in [0.717, 1.165) is 42.0 Å². The number of rotatable bonds is 3. The predicted octanol–water partition coefficient (Wildman–Crippen LogP) is 4.04. The zero-order valence-corrected chi connectivity index (χ0v) is 12.4. The number of carbonyl (C=O) groups excluding carboxylic acids is 1. The average Bonchev–Trinajstić information content (AvgIpc) is 2.91. The summed E-state index contributed by atoms with van der Waals surface area (Å²) in [7, 11) is 0. The molecule has 1 heterocycles. The molecule has 1 aromatic heterocycles. The molecule has 0 saturated carbocycles. The lowest BCUT2D eigenvalue weighted by molar-refractivity contribution is -0.114. The van der Waals surface area contributed by atoms with Crippen LogP contribution in [0.25, 0.3) is 0 Å². The van der Waals surface area contributed by atoms with Crippen molar-refractivity contribution in [2.24, 2.45) is 0 Å². The van der Waals surface area contributed by atoms with Crippen molar-refractivity contribution in [1.29, 1.82) is 0 Å². The van der Waals surface area contributed by atoms with E-state index in [1.165, 1.54) is 12.5 Å². The monoisotopic (exact) mass is 284 g/mol. The Labute approximate surface area is 124 Å². The van der Waals surface area contributed by atoms with Gasteiger partial charge in [0.15, 0.2) is 0 Å². The highest BCUT2D eigenvalue weighted by Gasteiger charge is 2.22. The fourth-order valence-electron chi connectivity index (χ4n) is 2.92. The number of amides is 1. The number of aryl methyl sites for hydroxylation is 2. The predicted molar refractivity (Wildman–Crippen MR) is 83.5 cm³/mol. The van der Waals surface area contributed by atoms with Crippen molar-refractivity contribution in [1.82, 2.24) is 0 Å². The van der Waals surface area contributed by atoms with Gasteiger partial charge in [-0.3, -0.25) is 4.79 Å². The summed E-state index contributed by atoms with van der Waals surface area (Å²) >= 11 is 0. The molecule has 1 amide bonds. The van der Waals surface area contributed by atoms with Crippen LogP contribution in [0.3, 0.4) is 0 Å². The van der Waals surface area contributed by atoms with Gasteiger partial charge in [-0.25, -0.2) is 0 Å².